The van der Waals surface area contributed by atoms with Gasteiger partial charge in [0.25, 0.3) is 0 Å². The lowest BCUT2D eigenvalue weighted by molar-refractivity contribution is -0.191. The van der Waals surface area contributed by atoms with E-state index in [1.54, 1.807) is 6.92 Å². The predicted octanol–water partition coefficient (Wildman–Crippen LogP) is 4.04. The number of hydrogen-bond donors (Lipinski definition) is 0. The maximum atomic E-state index is 12.9. The van der Waals surface area contributed by atoms with Crippen LogP contribution in [0.25, 0.3) is 0 Å². The number of fused-ring (bicyclic) bond motifs is 7. The van der Waals surface area contributed by atoms with Crippen LogP contribution in [0.3, 0.4) is 0 Å². The summed E-state index contributed by atoms with van der Waals surface area (Å²) >= 11 is 0. The highest BCUT2D eigenvalue weighted by Crippen LogP contribution is 2.76. The molecule has 5 aliphatic carbocycles. The molecule has 0 spiro atoms. The van der Waals surface area contributed by atoms with Crippen LogP contribution in [-0.2, 0) is 19.1 Å². The van der Waals surface area contributed by atoms with E-state index in [0.29, 0.717) is 36.0 Å². The molecular formula is C24H30O4. The molecule has 0 aromatic carbocycles. The minimum Gasteiger partial charge on any atom is -0.450 e. The largest absolute Gasteiger partial charge is 0.450 e. The SMILES string of the molecule is CC(=O)O[C@]1(C(C)=O)[C@H]2C[C@H]2[C@H]2[C@@H]3C=C(C)C4=CC(=O)CC[C@@H]4[C@H]3CC[C@@]21C. The van der Waals surface area contributed by atoms with Crippen molar-refractivity contribution in [2.45, 2.75) is 65.4 Å². The lowest BCUT2D eigenvalue weighted by Gasteiger charge is -2.56. The van der Waals surface area contributed by atoms with Crippen LogP contribution in [0, 0.1) is 40.9 Å². The van der Waals surface area contributed by atoms with Gasteiger partial charge in [0.1, 0.15) is 0 Å². The molecule has 28 heavy (non-hydrogen) atoms. The lowest BCUT2D eigenvalue weighted by atomic mass is 9.49. The molecule has 0 N–H and O–H groups in total. The van der Waals surface area contributed by atoms with Crippen LogP contribution in [0.2, 0.25) is 0 Å². The molecule has 0 saturated heterocycles. The number of hydrogen-bond acceptors (Lipinski definition) is 4. The Morgan fingerprint density at radius 2 is 1.93 bits per heavy atom. The first kappa shape index (κ1) is 18.3. The Kier molecular flexibility index (Phi) is 3.71. The minimum atomic E-state index is -0.945. The molecule has 5 rings (SSSR count). The molecule has 8 atom stereocenters. The number of rotatable bonds is 2. The number of Topliss-reactive ketones (excluding diaryl/α,β-unsaturated/α-hetero) is 1. The molecule has 0 radical (unpaired) electrons. The molecule has 3 saturated carbocycles. The summed E-state index contributed by atoms with van der Waals surface area (Å²) in [4.78, 5) is 37.0. The highest BCUT2D eigenvalue weighted by atomic mass is 16.6. The number of ketones is 2. The number of allylic oxidation sites excluding steroid dienone is 4. The summed E-state index contributed by atoms with van der Waals surface area (Å²) in [5.41, 5.74) is 1.26. The van der Waals surface area contributed by atoms with Crippen molar-refractivity contribution >= 4 is 17.5 Å². The van der Waals surface area contributed by atoms with Crippen LogP contribution >= 0.6 is 0 Å². The van der Waals surface area contributed by atoms with Crippen molar-refractivity contribution in [1.82, 2.24) is 0 Å². The van der Waals surface area contributed by atoms with Crippen LogP contribution in [0.1, 0.15) is 59.8 Å². The van der Waals surface area contributed by atoms with E-state index in [1.807, 2.05) is 6.08 Å². The van der Waals surface area contributed by atoms with Gasteiger partial charge in [0, 0.05) is 24.7 Å². The second-order valence-corrected chi connectivity index (χ2v) is 10.2. The molecule has 3 fully saturated rings. The van der Waals surface area contributed by atoms with Crippen molar-refractivity contribution in [2.24, 2.45) is 40.9 Å². The number of ether oxygens (including phenoxy) is 1. The third-order valence-corrected chi connectivity index (χ3v) is 8.97. The van der Waals surface area contributed by atoms with Gasteiger partial charge in [0.15, 0.2) is 17.2 Å². The molecule has 0 bridgehead atoms. The van der Waals surface area contributed by atoms with Gasteiger partial charge in [-0.05, 0) is 80.8 Å². The zero-order valence-electron chi connectivity index (χ0n) is 17.3. The van der Waals surface area contributed by atoms with E-state index >= 15 is 0 Å². The molecule has 150 valence electrons. The Labute approximate surface area is 166 Å². The lowest BCUT2D eigenvalue weighted by Crippen LogP contribution is -2.59. The summed E-state index contributed by atoms with van der Waals surface area (Å²) in [6.45, 7) is 7.41. The molecule has 0 unspecified atom stereocenters. The molecular weight excluding hydrogens is 352 g/mol. The van der Waals surface area contributed by atoms with Crippen molar-refractivity contribution in [3.63, 3.8) is 0 Å². The second-order valence-electron chi connectivity index (χ2n) is 10.2. The van der Waals surface area contributed by atoms with E-state index in [2.05, 4.69) is 19.9 Å². The zero-order chi connectivity index (χ0) is 20.0. The second kappa shape index (κ2) is 5.67. The molecule has 5 aliphatic rings. The van der Waals surface area contributed by atoms with E-state index < -0.39 is 5.60 Å². The molecule has 0 aromatic rings. The minimum absolute atomic E-state index is 0.0269. The van der Waals surface area contributed by atoms with Crippen molar-refractivity contribution in [1.29, 1.82) is 0 Å². The molecule has 0 aromatic heterocycles. The number of carbonyl (C=O) groups excluding carboxylic acids is 3. The average molecular weight is 383 g/mol. The van der Waals surface area contributed by atoms with E-state index in [-0.39, 0.29) is 28.9 Å². The van der Waals surface area contributed by atoms with Gasteiger partial charge < -0.3 is 4.74 Å². The van der Waals surface area contributed by atoms with Crippen LogP contribution < -0.4 is 0 Å². The van der Waals surface area contributed by atoms with Crippen LogP contribution in [-0.4, -0.2) is 23.1 Å². The van der Waals surface area contributed by atoms with Gasteiger partial charge in [-0.25, -0.2) is 0 Å². The molecule has 0 amide bonds. The van der Waals surface area contributed by atoms with E-state index in [1.165, 1.54) is 18.1 Å². The fraction of sp³-hybridized carbons (Fsp3) is 0.708. The van der Waals surface area contributed by atoms with Gasteiger partial charge in [-0.1, -0.05) is 18.6 Å². The van der Waals surface area contributed by atoms with Crippen LogP contribution in [0.15, 0.2) is 23.3 Å². The van der Waals surface area contributed by atoms with Crippen LogP contribution in [0.5, 0.6) is 0 Å². The first-order valence-electron chi connectivity index (χ1n) is 10.8. The van der Waals surface area contributed by atoms with Gasteiger partial charge >= 0.3 is 5.97 Å². The average Bonchev–Trinajstić information content (AvgIpc) is 3.35. The third kappa shape index (κ3) is 2.10. The monoisotopic (exact) mass is 382 g/mol. The molecule has 0 heterocycles. The van der Waals surface area contributed by atoms with E-state index in [9.17, 15) is 14.4 Å². The molecule has 4 heteroatoms. The molecule has 4 nitrogen and oxygen atoms in total. The Morgan fingerprint density at radius 3 is 2.61 bits per heavy atom. The number of carbonyl (C=O) groups is 3. The Morgan fingerprint density at radius 1 is 1.18 bits per heavy atom. The Hall–Kier alpha value is -1.71. The van der Waals surface area contributed by atoms with Gasteiger partial charge in [0.05, 0.1) is 0 Å². The first-order chi connectivity index (χ1) is 13.2. The predicted molar refractivity (Wildman–Crippen MR) is 104 cm³/mol. The Bertz CT molecular complexity index is 851. The smallest absolute Gasteiger partial charge is 0.303 e. The Balaban J connectivity index is 1.60. The highest BCUT2D eigenvalue weighted by Gasteiger charge is 2.79. The van der Waals surface area contributed by atoms with Gasteiger partial charge in [0.2, 0.25) is 0 Å². The molecule has 0 aliphatic heterocycles. The van der Waals surface area contributed by atoms with E-state index in [4.69, 9.17) is 4.74 Å². The van der Waals surface area contributed by atoms with Crippen molar-refractivity contribution in [3.8, 4) is 0 Å². The zero-order valence-corrected chi connectivity index (χ0v) is 17.3. The standard InChI is InChI=1S/C24H30O4/c1-12-9-19-17(16-6-5-15(27)10-18(12)16)7-8-23(4)22(19)20-11-21(20)24(23,13(2)25)28-14(3)26/h9-10,16-17,19-22H,5-8,11H2,1-4H3/t16-,17-,19-,20-,21+,22-,23+,24-/m1/s1. The van der Waals surface area contributed by atoms with Gasteiger partial charge in [-0.15, -0.1) is 0 Å². The summed E-state index contributed by atoms with van der Waals surface area (Å²) in [5, 5.41) is 0. The first-order valence-corrected chi connectivity index (χ1v) is 10.8. The van der Waals surface area contributed by atoms with Gasteiger partial charge in [-0.3, -0.25) is 14.4 Å². The maximum absolute atomic E-state index is 12.9. The normalized spacial score (nSPS) is 48.4. The maximum Gasteiger partial charge on any atom is 0.303 e. The fourth-order valence-corrected chi connectivity index (χ4v) is 8.10. The van der Waals surface area contributed by atoms with Crippen molar-refractivity contribution < 1.29 is 19.1 Å². The summed E-state index contributed by atoms with van der Waals surface area (Å²) in [7, 11) is 0. The topological polar surface area (TPSA) is 60.4 Å². The quantitative estimate of drug-likeness (QED) is 0.676. The van der Waals surface area contributed by atoms with Crippen molar-refractivity contribution in [2.75, 3.05) is 0 Å². The summed E-state index contributed by atoms with van der Waals surface area (Å²) < 4.78 is 5.95. The number of esters is 1. The summed E-state index contributed by atoms with van der Waals surface area (Å²) in [5.74, 6) is 2.41. The van der Waals surface area contributed by atoms with Crippen molar-refractivity contribution in [3.05, 3.63) is 23.3 Å². The summed E-state index contributed by atoms with van der Waals surface area (Å²) in [6.07, 6.45) is 8.84. The van der Waals surface area contributed by atoms with E-state index in [0.717, 1.165) is 25.7 Å². The van der Waals surface area contributed by atoms with Crippen LogP contribution in [0.4, 0.5) is 0 Å². The fourth-order valence-electron chi connectivity index (χ4n) is 8.10. The highest BCUT2D eigenvalue weighted by molar-refractivity contribution is 5.92. The summed E-state index contributed by atoms with van der Waals surface area (Å²) in [6, 6.07) is 0. The third-order valence-electron chi connectivity index (χ3n) is 8.97. The van der Waals surface area contributed by atoms with Gasteiger partial charge in [-0.2, -0.15) is 0 Å².